The van der Waals surface area contributed by atoms with Crippen molar-refractivity contribution >= 4 is 23.8 Å². The topological polar surface area (TPSA) is 169 Å². The highest BCUT2D eigenvalue weighted by molar-refractivity contribution is 5.86. The fourth-order valence-corrected chi connectivity index (χ4v) is 6.61. The van der Waals surface area contributed by atoms with Gasteiger partial charge in [0.2, 0.25) is 5.91 Å². The van der Waals surface area contributed by atoms with Gasteiger partial charge in [-0.2, -0.15) is 0 Å². The van der Waals surface area contributed by atoms with E-state index >= 15 is 0 Å². The molecule has 0 bridgehead atoms. The maximum absolute atomic E-state index is 13.8. The number of amides is 3. The average molecular weight is 728 g/mol. The molecule has 2 aromatic rings. The summed E-state index contributed by atoms with van der Waals surface area (Å²) >= 11 is 0. The number of hydrogen-bond acceptors (Lipinski definition) is 12. The summed E-state index contributed by atoms with van der Waals surface area (Å²) < 4.78 is 32.6. The van der Waals surface area contributed by atoms with Gasteiger partial charge in [-0.3, -0.25) is 10.2 Å². The minimum Gasteiger partial charge on any atom is -0.497 e. The van der Waals surface area contributed by atoms with Crippen molar-refractivity contribution in [3.8, 4) is 5.75 Å². The highest BCUT2D eigenvalue weighted by atomic mass is 16.7. The monoisotopic (exact) mass is 727 g/mol. The third kappa shape index (κ3) is 10.7. The van der Waals surface area contributed by atoms with Gasteiger partial charge in [0.25, 0.3) is 0 Å². The largest absolute Gasteiger partial charge is 0.497 e. The van der Waals surface area contributed by atoms with E-state index in [0.717, 1.165) is 36.3 Å². The third-order valence-corrected chi connectivity index (χ3v) is 9.57. The lowest BCUT2D eigenvalue weighted by molar-refractivity contribution is -0.127. The van der Waals surface area contributed by atoms with Crippen molar-refractivity contribution in [2.45, 2.75) is 70.7 Å². The Morgan fingerprint density at radius 2 is 1.63 bits per heavy atom. The predicted molar refractivity (Wildman–Crippen MR) is 191 cm³/mol. The Balaban J connectivity index is 1.35. The lowest BCUT2D eigenvalue weighted by atomic mass is 9.85. The number of nitrogens with one attached hydrogen (secondary N) is 3. The molecule has 52 heavy (non-hydrogen) atoms. The van der Waals surface area contributed by atoms with Crippen molar-refractivity contribution in [3.63, 3.8) is 0 Å². The number of rotatable bonds is 14. The molecule has 15 nitrogen and oxygen atoms in total. The molecule has 4 N–H and O–H groups in total. The molecule has 6 unspecified atom stereocenters. The van der Waals surface area contributed by atoms with Crippen LogP contribution in [0.1, 0.15) is 38.3 Å². The smallest absolute Gasteiger partial charge is 0.422 e. The first-order valence-electron chi connectivity index (χ1n) is 17.8. The normalized spacial score (nSPS) is 21.8. The van der Waals surface area contributed by atoms with Gasteiger partial charge in [-0.1, -0.05) is 45.0 Å². The predicted octanol–water partition coefficient (Wildman–Crippen LogP) is 2.60. The summed E-state index contributed by atoms with van der Waals surface area (Å²) in [6.45, 7) is 9.32. The van der Waals surface area contributed by atoms with Crippen LogP contribution in [-0.2, 0) is 41.4 Å². The number of hydrogen-bond donors (Lipinski definition) is 4. The number of carbonyl (C=O) groups excluding carboxylic acids is 3. The van der Waals surface area contributed by atoms with Gasteiger partial charge < -0.3 is 49.1 Å². The summed E-state index contributed by atoms with van der Waals surface area (Å²) in [7, 11) is 2.80. The summed E-state index contributed by atoms with van der Waals surface area (Å²) in [5, 5.41) is 19.1. The average Bonchev–Trinajstić information content (AvgIpc) is 3.76. The first kappa shape index (κ1) is 39.1. The second-order valence-electron chi connectivity index (χ2n) is 14.4. The van der Waals surface area contributed by atoms with Gasteiger partial charge >= 0.3 is 12.2 Å². The number of ether oxygens (including phenoxy) is 6. The fourth-order valence-electron chi connectivity index (χ4n) is 6.61. The second-order valence-corrected chi connectivity index (χ2v) is 14.4. The van der Waals surface area contributed by atoms with Crippen LogP contribution in [0.25, 0.3) is 0 Å². The summed E-state index contributed by atoms with van der Waals surface area (Å²) in [5.41, 5.74) is 4.92. The number of aliphatic hydroxyl groups excluding tert-OH is 1. The van der Waals surface area contributed by atoms with Crippen LogP contribution in [0.15, 0.2) is 48.5 Å². The van der Waals surface area contributed by atoms with E-state index in [2.05, 4.69) is 21.0 Å². The molecule has 0 radical (unpaired) electrons. The Morgan fingerprint density at radius 1 is 0.942 bits per heavy atom. The lowest BCUT2D eigenvalue weighted by Crippen LogP contribution is -2.59. The number of benzene rings is 2. The van der Waals surface area contributed by atoms with Gasteiger partial charge in [-0.05, 0) is 53.6 Å². The number of nitrogens with zero attached hydrogens (tertiary/aromatic N) is 2. The zero-order chi connectivity index (χ0) is 37.3. The Hall–Kier alpha value is -4.15. The van der Waals surface area contributed by atoms with E-state index in [1.54, 1.807) is 24.3 Å². The van der Waals surface area contributed by atoms with Gasteiger partial charge in [0, 0.05) is 31.9 Å². The molecule has 3 aliphatic rings. The molecule has 5 rings (SSSR count). The molecule has 3 saturated heterocycles. The molecule has 0 spiro atoms. The third-order valence-electron chi connectivity index (χ3n) is 9.57. The van der Waals surface area contributed by atoms with Crippen molar-refractivity contribution in [2.75, 3.05) is 65.2 Å². The number of anilines is 1. The van der Waals surface area contributed by atoms with E-state index in [1.165, 1.54) is 7.11 Å². The summed E-state index contributed by atoms with van der Waals surface area (Å²) in [5.74, 6) is 0.121. The molecular formula is C37H53N5O10. The first-order valence-corrected chi connectivity index (χ1v) is 17.8. The number of carbonyl (C=O) groups is 3. The SMILES string of the molecule is COC(=O)NC(C(=O)NC(Cc1ccc(OC)cc1)C(O)CN(Cc1ccc(N2CCOCC2)cc1)NC(=O)OC1COC2OCCC12)C(C)(C)C. The van der Waals surface area contributed by atoms with Crippen LogP contribution in [0.5, 0.6) is 5.75 Å². The quantitative estimate of drug-likeness (QED) is 0.210. The second kappa shape index (κ2) is 18.1. The number of methoxy groups -OCH3 is 2. The Kier molecular flexibility index (Phi) is 13.6. The first-order chi connectivity index (χ1) is 24.9. The van der Waals surface area contributed by atoms with Gasteiger partial charge in [-0.15, -0.1) is 0 Å². The Bertz CT molecular complexity index is 1460. The van der Waals surface area contributed by atoms with E-state index in [1.807, 2.05) is 57.2 Å². The summed E-state index contributed by atoms with van der Waals surface area (Å²) in [4.78, 5) is 41.6. The number of morpholine rings is 1. The minimum atomic E-state index is -1.19. The molecule has 0 aromatic heterocycles. The minimum absolute atomic E-state index is 0.0454. The van der Waals surface area contributed by atoms with Crippen molar-refractivity contribution in [2.24, 2.45) is 11.3 Å². The van der Waals surface area contributed by atoms with E-state index in [9.17, 15) is 19.5 Å². The molecule has 3 fully saturated rings. The van der Waals surface area contributed by atoms with Gasteiger partial charge in [0.1, 0.15) is 17.9 Å². The zero-order valence-corrected chi connectivity index (χ0v) is 30.7. The van der Waals surface area contributed by atoms with Gasteiger partial charge in [0.15, 0.2) is 6.29 Å². The number of aliphatic hydroxyl groups is 1. The highest BCUT2D eigenvalue weighted by Crippen LogP contribution is 2.33. The molecule has 286 valence electrons. The van der Waals surface area contributed by atoms with Crippen LogP contribution in [0.3, 0.4) is 0 Å². The van der Waals surface area contributed by atoms with Gasteiger partial charge in [-0.25, -0.2) is 14.6 Å². The molecule has 0 aliphatic carbocycles. The van der Waals surface area contributed by atoms with Crippen LogP contribution in [0, 0.1) is 11.3 Å². The highest BCUT2D eigenvalue weighted by Gasteiger charge is 2.44. The van der Waals surface area contributed by atoms with E-state index in [4.69, 9.17) is 28.4 Å². The van der Waals surface area contributed by atoms with Crippen molar-refractivity contribution in [3.05, 3.63) is 59.7 Å². The maximum Gasteiger partial charge on any atom is 0.422 e. The molecule has 3 amide bonds. The van der Waals surface area contributed by atoms with E-state index in [0.29, 0.717) is 25.6 Å². The Morgan fingerprint density at radius 3 is 2.29 bits per heavy atom. The van der Waals surface area contributed by atoms with Gasteiger partial charge in [0.05, 0.1) is 58.7 Å². The van der Waals surface area contributed by atoms with E-state index < -0.39 is 47.8 Å². The Labute approximate surface area is 305 Å². The van der Waals surface area contributed by atoms with Crippen molar-refractivity contribution in [1.82, 2.24) is 21.1 Å². The van der Waals surface area contributed by atoms with Crippen LogP contribution in [-0.4, -0.2) is 119 Å². The fraction of sp³-hybridized carbons (Fsp3) is 0.595. The molecule has 0 saturated carbocycles. The molecule has 15 heteroatoms. The molecule has 3 aliphatic heterocycles. The van der Waals surface area contributed by atoms with E-state index in [-0.39, 0.29) is 38.3 Å². The lowest BCUT2D eigenvalue weighted by Gasteiger charge is -2.34. The van der Waals surface area contributed by atoms with Crippen LogP contribution >= 0.6 is 0 Å². The van der Waals surface area contributed by atoms with Crippen molar-refractivity contribution in [1.29, 1.82) is 0 Å². The van der Waals surface area contributed by atoms with Crippen molar-refractivity contribution < 1.29 is 47.9 Å². The molecule has 2 aromatic carbocycles. The molecule has 6 atom stereocenters. The van der Waals surface area contributed by atoms with Crippen LogP contribution in [0.2, 0.25) is 0 Å². The number of alkyl carbamates (subject to hydrolysis) is 1. The van der Waals surface area contributed by atoms with Crippen LogP contribution in [0.4, 0.5) is 15.3 Å². The zero-order valence-electron chi connectivity index (χ0n) is 30.7. The summed E-state index contributed by atoms with van der Waals surface area (Å²) in [6, 6.07) is 13.5. The molecule has 3 heterocycles. The molecular weight excluding hydrogens is 674 g/mol. The summed E-state index contributed by atoms with van der Waals surface area (Å²) in [6.07, 6.45) is -2.52. The number of hydrazine groups is 1. The number of fused-ring (bicyclic) bond motifs is 1. The standard InChI is InChI=1S/C37H53N5O10/c1-37(2,3)32(39-35(45)48-5)33(44)38-29(20-24-8-12-27(47-4)13-9-24)30(43)22-42(40-36(46)52-31-23-51-34-28(31)14-17-50-34)21-25-6-10-26(11-7-25)41-15-18-49-19-16-41/h6-13,28-32,34,43H,14-23H2,1-5H3,(H,38,44)(H,39,45)(H,40,46). The maximum atomic E-state index is 13.8. The van der Waals surface area contributed by atoms with Crippen LogP contribution < -0.4 is 25.7 Å².